The molecule has 1 amide bonds. The van der Waals surface area contributed by atoms with E-state index in [0.717, 1.165) is 31.6 Å². The van der Waals surface area contributed by atoms with Crippen molar-refractivity contribution in [2.24, 2.45) is 5.10 Å². The van der Waals surface area contributed by atoms with E-state index in [-0.39, 0.29) is 11.6 Å². The minimum absolute atomic E-state index is 0.0110. The Morgan fingerprint density at radius 3 is 2.52 bits per heavy atom. The van der Waals surface area contributed by atoms with Gasteiger partial charge in [0.1, 0.15) is 0 Å². The number of quaternary nitrogens is 1. The van der Waals surface area contributed by atoms with Crippen molar-refractivity contribution in [2.75, 3.05) is 13.1 Å². The smallest absolute Gasteiger partial charge is 0.272 e. The zero-order chi connectivity index (χ0) is 17.0. The first-order chi connectivity index (χ1) is 10.9. The number of nitrogens with one attached hydrogen (secondary N) is 2. The number of aryl methyl sites for hydroxylation is 1. The molecule has 1 aromatic carbocycles. The Balaban J connectivity index is 1.96. The maximum Gasteiger partial charge on any atom is 0.272 e. The van der Waals surface area contributed by atoms with E-state index in [9.17, 15) is 14.9 Å². The van der Waals surface area contributed by atoms with Gasteiger partial charge < -0.3 is 4.90 Å². The Kier molecular flexibility index (Phi) is 5.44. The highest BCUT2D eigenvalue weighted by Gasteiger charge is 2.21. The van der Waals surface area contributed by atoms with Crippen LogP contribution in [0.3, 0.4) is 0 Å². The van der Waals surface area contributed by atoms with Crippen molar-refractivity contribution >= 4 is 17.3 Å². The van der Waals surface area contributed by atoms with Crippen LogP contribution < -0.4 is 10.3 Å². The zero-order valence-corrected chi connectivity index (χ0v) is 13.8. The summed E-state index contributed by atoms with van der Waals surface area (Å²) in [7, 11) is 0. The molecule has 0 spiro atoms. The average Bonchev–Trinajstić information content (AvgIpc) is 2.52. The lowest BCUT2D eigenvalue weighted by Crippen LogP contribution is -3.16. The predicted octanol–water partition coefficient (Wildman–Crippen LogP) is 1.08. The van der Waals surface area contributed by atoms with Gasteiger partial charge in [0.15, 0.2) is 0 Å². The van der Waals surface area contributed by atoms with Crippen LogP contribution in [-0.4, -0.2) is 35.7 Å². The maximum absolute atomic E-state index is 12.1. The van der Waals surface area contributed by atoms with Gasteiger partial charge >= 0.3 is 0 Å². The summed E-state index contributed by atoms with van der Waals surface area (Å²) in [6.45, 7) is 8.09. The van der Waals surface area contributed by atoms with E-state index >= 15 is 0 Å². The second-order valence-electron chi connectivity index (χ2n) is 6.19. The van der Waals surface area contributed by atoms with Crippen molar-refractivity contribution in [3.8, 4) is 0 Å². The molecule has 7 nitrogen and oxygen atoms in total. The number of likely N-dealkylation sites (tertiary alicyclic amines) is 1. The highest BCUT2D eigenvalue weighted by molar-refractivity contribution is 5.96. The third kappa shape index (κ3) is 4.35. The summed E-state index contributed by atoms with van der Waals surface area (Å²) in [5.41, 5.74) is 4.41. The molecular formula is C16H23N4O3+. The van der Waals surface area contributed by atoms with Gasteiger partial charge in [0.2, 0.25) is 0 Å². The number of nitro benzene ring substituents is 1. The third-order valence-electron chi connectivity index (χ3n) is 4.26. The minimum atomic E-state index is -0.456. The Hall–Kier alpha value is -2.28. The molecule has 124 valence electrons. The number of piperidine rings is 1. The fourth-order valence-electron chi connectivity index (χ4n) is 2.74. The van der Waals surface area contributed by atoms with Crippen LogP contribution >= 0.6 is 0 Å². The summed E-state index contributed by atoms with van der Waals surface area (Å²) < 4.78 is 0. The highest BCUT2D eigenvalue weighted by Crippen LogP contribution is 2.18. The molecule has 7 heteroatoms. The van der Waals surface area contributed by atoms with Crippen molar-refractivity contribution in [2.45, 2.75) is 39.7 Å². The molecule has 1 fully saturated rings. The molecule has 0 aliphatic carbocycles. The average molecular weight is 319 g/mol. The normalized spacial score (nSPS) is 17.9. The first-order valence-electron chi connectivity index (χ1n) is 7.84. The molecule has 1 heterocycles. The minimum Gasteiger partial charge on any atom is -0.332 e. The number of hydrogen-bond donors (Lipinski definition) is 2. The summed E-state index contributed by atoms with van der Waals surface area (Å²) in [5, 5.41) is 15.0. The molecule has 1 aliphatic heterocycles. The lowest BCUT2D eigenvalue weighted by Gasteiger charge is -2.27. The van der Waals surface area contributed by atoms with Gasteiger partial charge in [0.05, 0.1) is 24.1 Å². The van der Waals surface area contributed by atoms with Crippen molar-refractivity contribution in [3.05, 3.63) is 39.4 Å². The van der Waals surface area contributed by atoms with Crippen LogP contribution in [0, 0.1) is 17.0 Å². The van der Waals surface area contributed by atoms with E-state index in [2.05, 4.69) is 24.4 Å². The predicted molar refractivity (Wildman–Crippen MR) is 87.8 cm³/mol. The van der Waals surface area contributed by atoms with E-state index in [1.54, 1.807) is 11.8 Å². The van der Waals surface area contributed by atoms with E-state index in [0.29, 0.717) is 17.2 Å². The Morgan fingerprint density at radius 1 is 1.35 bits per heavy atom. The molecule has 0 atom stereocenters. The number of rotatable bonds is 4. The van der Waals surface area contributed by atoms with Crippen molar-refractivity contribution < 1.29 is 14.6 Å². The maximum atomic E-state index is 12.1. The zero-order valence-electron chi connectivity index (χ0n) is 13.8. The largest absolute Gasteiger partial charge is 0.332 e. The number of hydrazone groups is 1. The molecule has 0 aromatic heterocycles. The number of benzene rings is 1. The van der Waals surface area contributed by atoms with Crippen LogP contribution in [0.5, 0.6) is 0 Å². The molecule has 1 saturated heterocycles. The summed E-state index contributed by atoms with van der Waals surface area (Å²) in [5.74, 6) is -0.339. The number of nitro groups is 1. The highest BCUT2D eigenvalue weighted by atomic mass is 16.6. The van der Waals surface area contributed by atoms with Gasteiger partial charge in [-0.25, -0.2) is 5.43 Å². The van der Waals surface area contributed by atoms with E-state index < -0.39 is 4.92 Å². The van der Waals surface area contributed by atoms with E-state index in [1.165, 1.54) is 18.2 Å². The van der Waals surface area contributed by atoms with Crippen molar-refractivity contribution in [1.82, 2.24) is 5.43 Å². The molecule has 0 radical (unpaired) electrons. The molecule has 2 N–H and O–H groups in total. The van der Waals surface area contributed by atoms with Gasteiger partial charge in [-0.2, -0.15) is 5.10 Å². The lowest BCUT2D eigenvalue weighted by atomic mass is 10.1. The second kappa shape index (κ2) is 7.32. The fourth-order valence-corrected chi connectivity index (χ4v) is 2.74. The Labute approximate surface area is 135 Å². The Bertz CT molecular complexity index is 630. The van der Waals surface area contributed by atoms with Gasteiger partial charge in [0.25, 0.3) is 11.6 Å². The quantitative estimate of drug-likeness (QED) is 0.643. The number of nitrogens with zero attached hydrogens (tertiary/aromatic N) is 2. The monoisotopic (exact) mass is 319 g/mol. The van der Waals surface area contributed by atoms with E-state index in [4.69, 9.17) is 0 Å². The third-order valence-corrected chi connectivity index (χ3v) is 4.26. The molecule has 0 bridgehead atoms. The van der Waals surface area contributed by atoms with Crippen LogP contribution in [0.4, 0.5) is 5.69 Å². The van der Waals surface area contributed by atoms with Gasteiger partial charge in [-0.05, 0) is 32.9 Å². The molecule has 2 rings (SSSR count). The summed E-state index contributed by atoms with van der Waals surface area (Å²) in [6, 6.07) is 4.92. The van der Waals surface area contributed by atoms with Crippen LogP contribution in [0.15, 0.2) is 23.3 Å². The second-order valence-corrected chi connectivity index (χ2v) is 6.19. The van der Waals surface area contributed by atoms with Crippen LogP contribution in [0.25, 0.3) is 0 Å². The molecule has 1 aromatic rings. The summed E-state index contributed by atoms with van der Waals surface area (Å²) in [6.07, 6.45) is 1.76. The fraction of sp³-hybridized carbons (Fsp3) is 0.500. The number of amides is 1. The number of carbonyl (C=O) groups excluding carboxylic acids is 1. The van der Waals surface area contributed by atoms with Crippen molar-refractivity contribution in [1.29, 1.82) is 0 Å². The van der Waals surface area contributed by atoms with Crippen molar-refractivity contribution in [3.63, 3.8) is 0 Å². The summed E-state index contributed by atoms with van der Waals surface area (Å²) in [4.78, 5) is 24.0. The van der Waals surface area contributed by atoms with Crippen LogP contribution in [-0.2, 0) is 0 Å². The number of carbonyl (C=O) groups is 1. The first-order valence-corrected chi connectivity index (χ1v) is 7.84. The lowest BCUT2D eigenvalue weighted by molar-refractivity contribution is -0.922. The van der Waals surface area contributed by atoms with Crippen LogP contribution in [0.1, 0.15) is 42.6 Å². The Morgan fingerprint density at radius 2 is 2.00 bits per heavy atom. The first kappa shape index (κ1) is 17.1. The topological polar surface area (TPSA) is 89.0 Å². The van der Waals surface area contributed by atoms with Gasteiger partial charge in [0, 0.05) is 35.7 Å². The molecule has 0 saturated carbocycles. The molecule has 1 aliphatic rings. The molecule has 0 unspecified atom stereocenters. The van der Waals surface area contributed by atoms with Gasteiger partial charge in [-0.1, -0.05) is 0 Å². The molecule has 23 heavy (non-hydrogen) atoms. The summed E-state index contributed by atoms with van der Waals surface area (Å²) >= 11 is 0. The molecular weight excluding hydrogens is 296 g/mol. The SMILES string of the molecule is Cc1cc(C(=O)NN=C2CC[NH+](C(C)C)CC2)ccc1[N+](=O)[O-]. The standard InChI is InChI=1S/C16H22N4O3/c1-11(2)19-8-6-14(7-9-19)17-18-16(21)13-4-5-15(20(22)23)12(3)10-13/h4-5,10-11H,6-9H2,1-3H3,(H,18,21)/p+1. The number of hydrogen-bond acceptors (Lipinski definition) is 4. The van der Waals surface area contributed by atoms with Crippen LogP contribution in [0.2, 0.25) is 0 Å². The van der Waals surface area contributed by atoms with Gasteiger partial charge in [-0.3, -0.25) is 14.9 Å². The van der Waals surface area contributed by atoms with E-state index in [1.807, 2.05) is 0 Å². The van der Waals surface area contributed by atoms with Gasteiger partial charge in [-0.15, -0.1) is 0 Å².